The molecule has 2 aromatic carbocycles. The molecular formula is C23H22F4N4O3. The number of aliphatic hydroxyl groups is 2. The zero-order valence-corrected chi connectivity index (χ0v) is 18.0. The molecular weight excluding hydrogens is 456 g/mol. The zero-order valence-electron chi connectivity index (χ0n) is 18.0. The van der Waals surface area contributed by atoms with Gasteiger partial charge in [0.15, 0.2) is 5.60 Å². The number of aliphatic hydroxyl groups excluding tert-OH is 1. The molecule has 3 aliphatic carbocycles. The summed E-state index contributed by atoms with van der Waals surface area (Å²) in [6.07, 6.45) is 1.35. The number of ether oxygens (including phenoxy) is 1. The summed E-state index contributed by atoms with van der Waals surface area (Å²) in [5.41, 5.74) is -4.86. The van der Waals surface area contributed by atoms with Crippen molar-refractivity contribution in [3.05, 3.63) is 71.6 Å². The average molecular weight is 478 g/mol. The molecule has 0 spiro atoms. The fraction of sp³-hybridized carbons (Fsp3) is 0.435. The van der Waals surface area contributed by atoms with Crippen LogP contribution < -0.4 is 4.74 Å². The molecule has 11 heteroatoms. The Balaban J connectivity index is 1.43. The van der Waals surface area contributed by atoms with Crippen molar-refractivity contribution in [2.45, 2.75) is 42.7 Å². The third kappa shape index (κ3) is 3.21. The number of tetrazole rings is 1. The predicted octanol–water partition coefficient (Wildman–Crippen LogP) is 2.97. The minimum Gasteiger partial charge on any atom is -0.491 e. The Morgan fingerprint density at radius 2 is 1.76 bits per heavy atom. The number of aromatic nitrogens is 4. The molecule has 3 saturated carbocycles. The van der Waals surface area contributed by atoms with Gasteiger partial charge in [-0.2, -0.15) is 0 Å². The fourth-order valence-electron chi connectivity index (χ4n) is 5.60. The summed E-state index contributed by atoms with van der Waals surface area (Å²) in [5.74, 6) is -5.41. The van der Waals surface area contributed by atoms with E-state index in [1.54, 1.807) is 24.3 Å². The van der Waals surface area contributed by atoms with Gasteiger partial charge in [0, 0.05) is 17.0 Å². The van der Waals surface area contributed by atoms with Crippen LogP contribution in [0.5, 0.6) is 5.75 Å². The SMILES string of the molecule is OCCOc1ccc(C23CC(C(F)(F)[C@@](O)(Cn4cnnn4)c4ccc(F)cc4F)(C2)C3)cc1. The van der Waals surface area contributed by atoms with E-state index in [1.165, 1.54) is 0 Å². The Morgan fingerprint density at radius 3 is 2.35 bits per heavy atom. The molecule has 1 heterocycles. The largest absolute Gasteiger partial charge is 0.491 e. The quantitative estimate of drug-likeness (QED) is 0.460. The molecule has 34 heavy (non-hydrogen) atoms. The van der Waals surface area contributed by atoms with E-state index in [2.05, 4.69) is 15.5 Å². The van der Waals surface area contributed by atoms with E-state index < -0.39 is 46.1 Å². The molecule has 0 amide bonds. The van der Waals surface area contributed by atoms with Gasteiger partial charge in [0.25, 0.3) is 5.92 Å². The Hall–Kier alpha value is -3.05. The second kappa shape index (κ2) is 7.74. The normalized spacial score (nSPS) is 25.2. The molecule has 0 unspecified atom stereocenters. The summed E-state index contributed by atoms with van der Waals surface area (Å²) >= 11 is 0. The van der Waals surface area contributed by atoms with Crippen molar-refractivity contribution in [1.82, 2.24) is 20.2 Å². The second-order valence-electron chi connectivity index (χ2n) is 9.25. The summed E-state index contributed by atoms with van der Waals surface area (Å²) in [5, 5.41) is 30.6. The van der Waals surface area contributed by atoms with Crippen LogP contribution in [0.4, 0.5) is 17.6 Å². The minimum absolute atomic E-state index is 0.102. The standard InChI is InChI=1S/C23H22F4N4O3/c24-16-3-6-18(19(25)9-16)22(33,13-31-14-28-29-30-31)23(26,27)21-10-20(11-21,12-21)15-1-4-17(5-2-15)34-8-7-32/h1-6,9,14,32-33H,7-8,10-13H2/t20?,21?,22-/m1/s1. The van der Waals surface area contributed by atoms with Crippen LogP contribution in [0.3, 0.4) is 0 Å². The van der Waals surface area contributed by atoms with Crippen molar-refractivity contribution >= 4 is 0 Å². The van der Waals surface area contributed by atoms with Gasteiger partial charge in [-0.25, -0.2) is 22.2 Å². The summed E-state index contributed by atoms with van der Waals surface area (Å²) in [7, 11) is 0. The third-order valence-corrected chi connectivity index (χ3v) is 7.20. The highest BCUT2D eigenvalue weighted by Gasteiger charge is 2.82. The molecule has 3 fully saturated rings. The summed E-state index contributed by atoms with van der Waals surface area (Å²) in [6.45, 7) is -0.771. The van der Waals surface area contributed by atoms with Crippen molar-refractivity contribution in [2.75, 3.05) is 13.2 Å². The number of hydrogen-bond acceptors (Lipinski definition) is 6. The first-order valence-electron chi connectivity index (χ1n) is 10.8. The number of benzene rings is 2. The highest BCUT2D eigenvalue weighted by Crippen LogP contribution is 2.80. The van der Waals surface area contributed by atoms with Crippen molar-refractivity contribution in [3.8, 4) is 5.75 Å². The van der Waals surface area contributed by atoms with E-state index in [1.807, 2.05) is 0 Å². The minimum atomic E-state index is -3.77. The van der Waals surface area contributed by atoms with Crippen LogP contribution in [0.25, 0.3) is 0 Å². The maximum Gasteiger partial charge on any atom is 0.287 e. The zero-order chi connectivity index (χ0) is 24.2. The van der Waals surface area contributed by atoms with Crippen molar-refractivity contribution < 1.29 is 32.5 Å². The summed E-state index contributed by atoms with van der Waals surface area (Å²) in [4.78, 5) is 0. The first-order valence-corrected chi connectivity index (χ1v) is 10.8. The van der Waals surface area contributed by atoms with Crippen molar-refractivity contribution in [1.29, 1.82) is 0 Å². The monoisotopic (exact) mass is 478 g/mol. The van der Waals surface area contributed by atoms with Crippen LogP contribution in [0.1, 0.15) is 30.4 Å². The first kappa shape index (κ1) is 22.7. The van der Waals surface area contributed by atoms with Crippen LogP contribution in [-0.4, -0.2) is 49.6 Å². The van der Waals surface area contributed by atoms with Gasteiger partial charge in [-0.3, -0.25) is 0 Å². The van der Waals surface area contributed by atoms with Gasteiger partial charge in [-0.15, -0.1) is 5.10 Å². The van der Waals surface area contributed by atoms with E-state index in [0.29, 0.717) is 11.8 Å². The van der Waals surface area contributed by atoms with Gasteiger partial charge in [-0.05, 0) is 64.9 Å². The van der Waals surface area contributed by atoms with Crippen LogP contribution >= 0.6 is 0 Å². The van der Waals surface area contributed by atoms with E-state index in [0.717, 1.165) is 28.7 Å². The molecule has 2 bridgehead atoms. The molecule has 0 aliphatic heterocycles. The molecule has 7 nitrogen and oxygen atoms in total. The van der Waals surface area contributed by atoms with Gasteiger partial charge in [0.1, 0.15) is 30.3 Å². The Kier molecular flexibility index (Phi) is 5.17. The molecule has 3 aromatic rings. The molecule has 1 atom stereocenters. The highest BCUT2D eigenvalue weighted by molar-refractivity contribution is 5.44. The van der Waals surface area contributed by atoms with Crippen molar-refractivity contribution in [3.63, 3.8) is 0 Å². The third-order valence-electron chi connectivity index (χ3n) is 7.20. The van der Waals surface area contributed by atoms with E-state index in [9.17, 15) is 13.9 Å². The summed E-state index contributed by atoms with van der Waals surface area (Å²) < 4.78 is 66.7. The average Bonchev–Trinajstić information content (AvgIpc) is 3.23. The number of hydrogen-bond donors (Lipinski definition) is 2. The van der Waals surface area contributed by atoms with Crippen LogP contribution in [-0.2, 0) is 17.6 Å². The van der Waals surface area contributed by atoms with Gasteiger partial charge in [-0.1, -0.05) is 12.1 Å². The lowest BCUT2D eigenvalue weighted by Crippen LogP contribution is -2.76. The topological polar surface area (TPSA) is 93.3 Å². The molecule has 2 N–H and O–H groups in total. The predicted molar refractivity (Wildman–Crippen MR) is 110 cm³/mol. The Bertz CT molecular complexity index is 1170. The molecule has 0 radical (unpaired) electrons. The summed E-state index contributed by atoms with van der Waals surface area (Å²) in [6, 6.07) is 9.20. The van der Waals surface area contributed by atoms with E-state index >= 15 is 8.78 Å². The lowest BCUT2D eigenvalue weighted by atomic mass is 9.30. The van der Waals surface area contributed by atoms with Gasteiger partial charge in [0.2, 0.25) is 0 Å². The lowest BCUT2D eigenvalue weighted by Gasteiger charge is -2.74. The maximum atomic E-state index is 16.2. The Morgan fingerprint density at radius 1 is 1.06 bits per heavy atom. The Labute approximate surface area is 192 Å². The second-order valence-corrected chi connectivity index (χ2v) is 9.25. The first-order chi connectivity index (χ1) is 16.1. The van der Waals surface area contributed by atoms with E-state index in [4.69, 9.17) is 9.84 Å². The van der Waals surface area contributed by atoms with Gasteiger partial charge >= 0.3 is 0 Å². The number of nitrogens with zero attached hydrogens (tertiary/aromatic N) is 4. The lowest BCUT2D eigenvalue weighted by molar-refractivity contribution is -0.347. The van der Waals surface area contributed by atoms with E-state index in [-0.39, 0.29) is 32.5 Å². The fourth-order valence-corrected chi connectivity index (χ4v) is 5.60. The molecule has 6 rings (SSSR count). The van der Waals surface area contributed by atoms with Crippen LogP contribution in [0, 0.1) is 17.0 Å². The number of rotatable bonds is 9. The van der Waals surface area contributed by atoms with Gasteiger partial charge in [0.05, 0.1) is 13.2 Å². The van der Waals surface area contributed by atoms with Crippen LogP contribution in [0.15, 0.2) is 48.8 Å². The smallest absolute Gasteiger partial charge is 0.287 e. The number of alkyl halides is 2. The van der Waals surface area contributed by atoms with Crippen LogP contribution in [0.2, 0.25) is 0 Å². The van der Waals surface area contributed by atoms with Crippen molar-refractivity contribution in [2.24, 2.45) is 5.41 Å². The highest BCUT2D eigenvalue weighted by atomic mass is 19.3. The molecule has 3 aliphatic rings. The molecule has 1 aromatic heterocycles. The van der Waals surface area contributed by atoms with Gasteiger partial charge < -0.3 is 14.9 Å². The number of halogens is 4. The molecule has 0 saturated heterocycles. The molecule has 180 valence electrons. The maximum absolute atomic E-state index is 16.2.